The van der Waals surface area contributed by atoms with Gasteiger partial charge in [0.1, 0.15) is 11.5 Å². The first-order valence-corrected chi connectivity index (χ1v) is 10.4. The summed E-state index contributed by atoms with van der Waals surface area (Å²) in [4.78, 5) is -0.682. The summed E-state index contributed by atoms with van der Waals surface area (Å²) >= 11 is 0. The molecule has 0 aromatic heterocycles. The van der Waals surface area contributed by atoms with Crippen molar-refractivity contribution < 1.29 is 52.4 Å². The third-order valence-electron chi connectivity index (χ3n) is 4.17. The number of hydrogen-bond acceptors (Lipinski definition) is 4. The van der Waals surface area contributed by atoms with Gasteiger partial charge in [-0.15, -0.1) is 0 Å². The van der Waals surface area contributed by atoms with Crippen LogP contribution in [0.4, 0.5) is 0 Å². The van der Waals surface area contributed by atoms with Crippen LogP contribution >= 0.6 is 0 Å². The van der Waals surface area contributed by atoms with Gasteiger partial charge < -0.3 is 9.84 Å². The van der Waals surface area contributed by atoms with E-state index in [2.05, 4.69) is 6.92 Å². The zero-order chi connectivity index (χ0) is 19.0. The Labute approximate surface area is 183 Å². The predicted molar refractivity (Wildman–Crippen MR) is 99.3 cm³/mol. The molecule has 2 rings (SSSR count). The molecule has 1 N–H and O–H groups in total. The summed E-state index contributed by atoms with van der Waals surface area (Å²) in [6.45, 7) is 2.20. The average molecular weight is 400 g/mol. The minimum Gasteiger partial charge on any atom is -0.869 e. The fourth-order valence-corrected chi connectivity index (χ4v) is 3.37. The quantitative estimate of drug-likeness (QED) is 0.373. The SMILES string of the molecule is CCCCCCCCc1cccc(Oc2cccc(S(=O)(=O)O)c2[O-])c1.[Na+]. The number of hydrogen-bond donors (Lipinski definition) is 1. The molecule has 7 heteroatoms. The first-order chi connectivity index (χ1) is 12.4. The van der Waals surface area contributed by atoms with Crippen molar-refractivity contribution in [2.75, 3.05) is 0 Å². The van der Waals surface area contributed by atoms with Crippen molar-refractivity contribution >= 4 is 10.1 Å². The van der Waals surface area contributed by atoms with Crippen molar-refractivity contribution in [2.45, 2.75) is 56.8 Å². The van der Waals surface area contributed by atoms with Gasteiger partial charge in [-0.2, -0.15) is 8.42 Å². The van der Waals surface area contributed by atoms with Crippen molar-refractivity contribution in [1.29, 1.82) is 0 Å². The first-order valence-electron chi connectivity index (χ1n) is 8.96. The molecule has 0 unspecified atom stereocenters. The van der Waals surface area contributed by atoms with Gasteiger partial charge in [-0.1, -0.05) is 57.2 Å². The van der Waals surface area contributed by atoms with Crippen LogP contribution in [0.1, 0.15) is 51.0 Å². The maximum atomic E-state index is 12.1. The zero-order valence-corrected chi connectivity index (χ0v) is 18.8. The van der Waals surface area contributed by atoms with Gasteiger partial charge in [0.25, 0.3) is 10.1 Å². The Morgan fingerprint density at radius 2 is 1.67 bits per heavy atom. The number of unbranched alkanes of at least 4 members (excludes halogenated alkanes) is 5. The van der Waals surface area contributed by atoms with Crippen molar-refractivity contribution in [1.82, 2.24) is 0 Å². The van der Waals surface area contributed by atoms with Crippen molar-refractivity contribution in [3.05, 3.63) is 48.0 Å². The molecule has 27 heavy (non-hydrogen) atoms. The summed E-state index contributed by atoms with van der Waals surface area (Å²) in [5.74, 6) is -0.508. The van der Waals surface area contributed by atoms with Crippen molar-refractivity contribution in [3.63, 3.8) is 0 Å². The third kappa shape index (κ3) is 7.84. The summed E-state index contributed by atoms with van der Waals surface area (Å²) in [7, 11) is -4.57. The van der Waals surface area contributed by atoms with Crippen LogP contribution in [0.15, 0.2) is 47.4 Å². The van der Waals surface area contributed by atoms with Gasteiger partial charge in [-0.05, 0) is 48.4 Å². The second-order valence-corrected chi connectivity index (χ2v) is 7.72. The Kier molecular flexibility index (Phi) is 10.4. The molecule has 0 heterocycles. The van der Waals surface area contributed by atoms with E-state index in [0.29, 0.717) is 5.75 Å². The molecule has 0 bridgehead atoms. The van der Waals surface area contributed by atoms with Gasteiger partial charge in [0.15, 0.2) is 0 Å². The molecule has 0 radical (unpaired) electrons. The van der Waals surface area contributed by atoms with E-state index in [4.69, 9.17) is 9.29 Å². The first kappa shape index (κ1) is 24.0. The van der Waals surface area contributed by atoms with Crippen LogP contribution in [0.5, 0.6) is 17.2 Å². The van der Waals surface area contributed by atoms with Crippen molar-refractivity contribution in [3.8, 4) is 17.2 Å². The topological polar surface area (TPSA) is 86.7 Å². The van der Waals surface area contributed by atoms with Crippen LogP contribution in [0, 0.1) is 0 Å². The Bertz CT molecular complexity index is 821. The second-order valence-electron chi connectivity index (χ2n) is 6.33. The standard InChI is InChI=1S/C20H26O5S.Na/c1-2-3-4-5-6-7-10-16-11-8-12-17(15-16)25-18-13-9-14-19(20(18)21)26(22,23)24;/h8-9,11-15,21H,2-7,10H2,1H3,(H,22,23,24);/q;+1/p-1. The Hall–Kier alpha value is -1.05. The molecule has 0 atom stereocenters. The fourth-order valence-electron chi connectivity index (χ4n) is 2.78. The van der Waals surface area contributed by atoms with E-state index >= 15 is 0 Å². The van der Waals surface area contributed by atoms with Gasteiger partial charge >= 0.3 is 29.6 Å². The van der Waals surface area contributed by atoms with Gasteiger partial charge in [0, 0.05) is 0 Å². The molecule has 0 saturated carbocycles. The van der Waals surface area contributed by atoms with Gasteiger partial charge in [0.2, 0.25) is 0 Å². The molecule has 0 saturated heterocycles. The molecule has 0 aliphatic rings. The van der Waals surface area contributed by atoms with Crippen LogP contribution in [0.25, 0.3) is 0 Å². The summed E-state index contributed by atoms with van der Waals surface area (Å²) in [6, 6.07) is 11.2. The fraction of sp³-hybridized carbons (Fsp3) is 0.400. The third-order valence-corrected chi connectivity index (χ3v) is 5.04. The number of aryl methyl sites for hydroxylation is 1. The van der Waals surface area contributed by atoms with Gasteiger partial charge in [-0.3, -0.25) is 4.55 Å². The molecular weight excluding hydrogens is 375 g/mol. The monoisotopic (exact) mass is 400 g/mol. The van der Waals surface area contributed by atoms with Crippen LogP contribution in [-0.4, -0.2) is 13.0 Å². The number of rotatable bonds is 10. The Morgan fingerprint density at radius 1 is 1.00 bits per heavy atom. The molecular formula is C20H25NaO5S. The second kappa shape index (κ2) is 11.7. The molecule has 2 aromatic carbocycles. The summed E-state index contributed by atoms with van der Waals surface area (Å²) < 4.78 is 37.1. The minimum absolute atomic E-state index is 0. The molecule has 0 spiro atoms. The summed E-state index contributed by atoms with van der Waals surface area (Å²) in [5.41, 5.74) is 1.11. The normalized spacial score (nSPS) is 11.0. The number of para-hydroxylation sites is 1. The van der Waals surface area contributed by atoms with Crippen LogP contribution in [0.2, 0.25) is 0 Å². The van der Waals surface area contributed by atoms with Crippen molar-refractivity contribution in [2.24, 2.45) is 0 Å². The molecule has 2 aromatic rings. The van der Waals surface area contributed by atoms with E-state index in [0.717, 1.165) is 24.5 Å². The van der Waals surface area contributed by atoms with Crippen LogP contribution in [-0.2, 0) is 16.5 Å². The maximum absolute atomic E-state index is 12.1. The molecule has 5 nitrogen and oxygen atoms in total. The van der Waals surface area contributed by atoms with E-state index < -0.39 is 20.8 Å². The smallest absolute Gasteiger partial charge is 0.869 e. The maximum Gasteiger partial charge on any atom is 1.00 e. The van der Waals surface area contributed by atoms with Crippen LogP contribution in [0.3, 0.4) is 0 Å². The summed E-state index contributed by atoms with van der Waals surface area (Å²) in [5, 5.41) is 12.1. The number of ether oxygens (including phenoxy) is 1. The minimum atomic E-state index is -4.57. The molecule has 0 aliphatic heterocycles. The van der Waals surface area contributed by atoms with Gasteiger partial charge in [0.05, 0.1) is 4.90 Å². The predicted octanol–water partition coefficient (Wildman–Crippen LogP) is 1.71. The zero-order valence-electron chi connectivity index (χ0n) is 16.0. The molecule has 0 fully saturated rings. The van der Waals surface area contributed by atoms with E-state index in [1.807, 2.05) is 18.2 Å². The Balaban J connectivity index is 0.00000364. The van der Waals surface area contributed by atoms with E-state index in [1.165, 1.54) is 44.2 Å². The van der Waals surface area contributed by atoms with E-state index in [9.17, 15) is 13.5 Å². The number of benzene rings is 2. The molecule has 0 aliphatic carbocycles. The van der Waals surface area contributed by atoms with E-state index in [1.54, 1.807) is 6.07 Å². The van der Waals surface area contributed by atoms with Gasteiger partial charge in [-0.25, -0.2) is 0 Å². The largest absolute Gasteiger partial charge is 1.00 e. The molecule has 0 amide bonds. The van der Waals surface area contributed by atoms with E-state index in [-0.39, 0.29) is 35.3 Å². The summed E-state index contributed by atoms with van der Waals surface area (Å²) in [6.07, 6.45) is 8.24. The average Bonchev–Trinajstić information content (AvgIpc) is 2.59. The Morgan fingerprint density at radius 3 is 2.37 bits per heavy atom. The molecule has 142 valence electrons. The van der Waals surface area contributed by atoms with Crippen LogP contribution < -0.4 is 39.4 Å².